The number of nitrogens with zero attached hydrogens (tertiary/aromatic N) is 1. The standard InChI is InChI=1S/C12H13BrN2O/c1-12(2,8-13)15-11(16)10-5-3-4-9(6-10)7-14/h3-6H,8H2,1-2H3,(H,15,16). The second-order valence-electron chi connectivity index (χ2n) is 4.16. The van der Waals surface area contributed by atoms with Crippen LogP contribution in [0.15, 0.2) is 24.3 Å². The summed E-state index contributed by atoms with van der Waals surface area (Å²) < 4.78 is 0. The van der Waals surface area contributed by atoms with Crippen LogP contribution < -0.4 is 5.32 Å². The third-order valence-corrected chi connectivity index (χ3v) is 3.44. The molecule has 0 saturated carbocycles. The molecule has 0 aliphatic heterocycles. The van der Waals surface area contributed by atoms with Crippen molar-refractivity contribution in [1.82, 2.24) is 5.32 Å². The monoisotopic (exact) mass is 280 g/mol. The molecule has 16 heavy (non-hydrogen) atoms. The van der Waals surface area contributed by atoms with Gasteiger partial charge in [-0.2, -0.15) is 5.26 Å². The van der Waals surface area contributed by atoms with Crippen LogP contribution in [0.2, 0.25) is 0 Å². The van der Waals surface area contributed by atoms with Crippen molar-refractivity contribution >= 4 is 21.8 Å². The van der Waals surface area contributed by atoms with Crippen LogP contribution in [0.3, 0.4) is 0 Å². The minimum Gasteiger partial charge on any atom is -0.346 e. The van der Waals surface area contributed by atoms with Crippen LogP contribution in [0.5, 0.6) is 0 Å². The SMILES string of the molecule is CC(C)(CBr)NC(=O)c1cccc(C#N)c1. The highest BCUT2D eigenvalue weighted by Gasteiger charge is 2.19. The van der Waals surface area contributed by atoms with Crippen LogP contribution in [0.1, 0.15) is 29.8 Å². The Bertz CT molecular complexity index is 435. The second kappa shape index (κ2) is 5.13. The Labute approximate surface area is 104 Å². The third-order valence-electron chi connectivity index (χ3n) is 2.04. The van der Waals surface area contributed by atoms with Gasteiger partial charge in [-0.15, -0.1) is 0 Å². The Morgan fingerprint density at radius 1 is 1.56 bits per heavy atom. The molecular weight excluding hydrogens is 268 g/mol. The predicted octanol–water partition coefficient (Wildman–Crippen LogP) is 2.46. The lowest BCUT2D eigenvalue weighted by Crippen LogP contribution is -2.44. The summed E-state index contributed by atoms with van der Waals surface area (Å²) >= 11 is 3.33. The van der Waals surface area contributed by atoms with Crippen molar-refractivity contribution in [3.05, 3.63) is 35.4 Å². The summed E-state index contributed by atoms with van der Waals surface area (Å²) in [6.07, 6.45) is 0. The van der Waals surface area contributed by atoms with Crippen LogP contribution >= 0.6 is 15.9 Å². The fourth-order valence-corrected chi connectivity index (χ4v) is 1.28. The average Bonchev–Trinajstić information content (AvgIpc) is 2.28. The molecule has 1 rings (SSSR count). The van der Waals surface area contributed by atoms with Crippen LogP contribution in [-0.2, 0) is 0 Å². The van der Waals surface area contributed by atoms with Crippen molar-refractivity contribution in [2.75, 3.05) is 5.33 Å². The maximum absolute atomic E-state index is 11.8. The Hall–Kier alpha value is -1.34. The molecule has 0 heterocycles. The maximum Gasteiger partial charge on any atom is 0.251 e. The number of hydrogen-bond acceptors (Lipinski definition) is 2. The van der Waals surface area contributed by atoms with Crippen LogP contribution in [-0.4, -0.2) is 16.8 Å². The summed E-state index contributed by atoms with van der Waals surface area (Å²) in [7, 11) is 0. The first-order chi connectivity index (χ1) is 7.48. The number of nitrogens with one attached hydrogen (secondary N) is 1. The zero-order valence-corrected chi connectivity index (χ0v) is 10.8. The minimum absolute atomic E-state index is 0.165. The van der Waals surface area contributed by atoms with Gasteiger partial charge in [-0.3, -0.25) is 4.79 Å². The molecular formula is C12H13BrN2O. The van der Waals surface area contributed by atoms with E-state index in [4.69, 9.17) is 5.26 Å². The van der Waals surface area contributed by atoms with Crippen LogP contribution in [0, 0.1) is 11.3 Å². The quantitative estimate of drug-likeness (QED) is 0.865. The van der Waals surface area contributed by atoms with E-state index in [1.165, 1.54) is 0 Å². The van der Waals surface area contributed by atoms with Crippen molar-refractivity contribution in [1.29, 1.82) is 5.26 Å². The minimum atomic E-state index is -0.306. The van der Waals surface area contributed by atoms with Crippen LogP contribution in [0.25, 0.3) is 0 Å². The second-order valence-corrected chi connectivity index (χ2v) is 4.72. The van der Waals surface area contributed by atoms with E-state index in [1.54, 1.807) is 24.3 Å². The van der Waals surface area contributed by atoms with E-state index in [9.17, 15) is 4.79 Å². The van der Waals surface area contributed by atoms with Crippen molar-refractivity contribution in [3.63, 3.8) is 0 Å². The molecule has 1 amide bonds. The van der Waals surface area contributed by atoms with Gasteiger partial charge < -0.3 is 5.32 Å². The highest BCUT2D eigenvalue weighted by molar-refractivity contribution is 9.09. The van der Waals surface area contributed by atoms with Gasteiger partial charge in [-0.05, 0) is 32.0 Å². The molecule has 3 nitrogen and oxygen atoms in total. The number of carbonyl (C=O) groups is 1. The lowest BCUT2D eigenvalue weighted by atomic mass is 10.1. The smallest absolute Gasteiger partial charge is 0.251 e. The molecule has 0 bridgehead atoms. The van der Waals surface area contributed by atoms with Gasteiger partial charge in [0.05, 0.1) is 11.6 Å². The number of benzene rings is 1. The van der Waals surface area contributed by atoms with Crippen molar-refractivity contribution in [2.24, 2.45) is 0 Å². The zero-order valence-electron chi connectivity index (χ0n) is 9.25. The highest BCUT2D eigenvalue weighted by atomic mass is 79.9. The summed E-state index contributed by atoms with van der Waals surface area (Å²) in [4.78, 5) is 11.8. The Morgan fingerprint density at radius 2 is 2.25 bits per heavy atom. The summed E-state index contributed by atoms with van der Waals surface area (Å²) in [6, 6.07) is 8.66. The molecule has 84 valence electrons. The third kappa shape index (κ3) is 3.35. The normalized spacial score (nSPS) is 10.6. The number of nitriles is 1. The fraction of sp³-hybridized carbons (Fsp3) is 0.333. The van der Waals surface area contributed by atoms with Gasteiger partial charge in [0.2, 0.25) is 0 Å². The van der Waals surface area contributed by atoms with E-state index in [0.29, 0.717) is 16.5 Å². The molecule has 0 aromatic heterocycles. The van der Waals surface area contributed by atoms with E-state index >= 15 is 0 Å². The Morgan fingerprint density at radius 3 is 2.81 bits per heavy atom. The van der Waals surface area contributed by atoms with Crippen molar-refractivity contribution in [2.45, 2.75) is 19.4 Å². The average molecular weight is 281 g/mol. The number of carbonyl (C=O) groups excluding carboxylic acids is 1. The van der Waals surface area contributed by atoms with Gasteiger partial charge in [-0.1, -0.05) is 22.0 Å². The number of hydrogen-bond donors (Lipinski definition) is 1. The lowest BCUT2D eigenvalue weighted by molar-refractivity contribution is 0.0921. The maximum atomic E-state index is 11.8. The predicted molar refractivity (Wildman–Crippen MR) is 66.5 cm³/mol. The van der Waals surface area contributed by atoms with Crippen molar-refractivity contribution in [3.8, 4) is 6.07 Å². The molecule has 0 atom stereocenters. The Balaban J connectivity index is 2.86. The molecule has 0 fully saturated rings. The number of halogens is 1. The molecule has 1 aromatic carbocycles. The summed E-state index contributed by atoms with van der Waals surface area (Å²) in [5, 5.41) is 12.3. The van der Waals surface area contributed by atoms with Gasteiger partial charge in [0, 0.05) is 16.4 Å². The van der Waals surface area contributed by atoms with Gasteiger partial charge in [-0.25, -0.2) is 0 Å². The molecule has 0 aliphatic rings. The van der Waals surface area contributed by atoms with E-state index in [2.05, 4.69) is 21.2 Å². The summed E-state index contributed by atoms with van der Waals surface area (Å²) in [5.74, 6) is -0.165. The van der Waals surface area contributed by atoms with E-state index in [1.807, 2.05) is 19.9 Å². The molecule has 1 aromatic rings. The van der Waals surface area contributed by atoms with E-state index in [-0.39, 0.29) is 11.4 Å². The van der Waals surface area contributed by atoms with Gasteiger partial charge in [0.1, 0.15) is 0 Å². The molecule has 4 heteroatoms. The summed E-state index contributed by atoms with van der Waals surface area (Å²) in [6.45, 7) is 3.85. The van der Waals surface area contributed by atoms with Gasteiger partial charge in [0.15, 0.2) is 0 Å². The Kier molecular flexibility index (Phi) is 4.08. The molecule has 0 radical (unpaired) electrons. The number of alkyl halides is 1. The highest BCUT2D eigenvalue weighted by Crippen LogP contribution is 2.09. The zero-order chi connectivity index (χ0) is 12.2. The number of rotatable bonds is 3. The molecule has 0 saturated heterocycles. The first kappa shape index (κ1) is 12.7. The summed E-state index contributed by atoms with van der Waals surface area (Å²) in [5.41, 5.74) is 0.692. The molecule has 0 aliphatic carbocycles. The molecule has 1 N–H and O–H groups in total. The van der Waals surface area contributed by atoms with Crippen LogP contribution in [0.4, 0.5) is 0 Å². The van der Waals surface area contributed by atoms with E-state index in [0.717, 1.165) is 0 Å². The first-order valence-electron chi connectivity index (χ1n) is 4.87. The molecule has 0 spiro atoms. The lowest BCUT2D eigenvalue weighted by Gasteiger charge is -2.23. The van der Waals surface area contributed by atoms with Gasteiger partial charge in [0.25, 0.3) is 5.91 Å². The van der Waals surface area contributed by atoms with E-state index < -0.39 is 0 Å². The topological polar surface area (TPSA) is 52.9 Å². The first-order valence-corrected chi connectivity index (χ1v) is 5.99. The van der Waals surface area contributed by atoms with Crippen molar-refractivity contribution < 1.29 is 4.79 Å². The fourth-order valence-electron chi connectivity index (χ4n) is 1.14. The van der Waals surface area contributed by atoms with Gasteiger partial charge >= 0.3 is 0 Å². The largest absolute Gasteiger partial charge is 0.346 e. The number of amides is 1. The molecule has 0 unspecified atom stereocenters.